The number of imidazole rings is 1. The molecule has 0 amide bonds. The van der Waals surface area contributed by atoms with Gasteiger partial charge in [-0.2, -0.15) is 5.26 Å². The smallest absolute Gasteiger partial charge is 0.168 e. The Kier molecular flexibility index (Phi) is 4.24. The van der Waals surface area contributed by atoms with E-state index >= 15 is 0 Å². The van der Waals surface area contributed by atoms with Crippen LogP contribution < -0.4 is 0 Å². The Morgan fingerprint density at radius 2 is 1.71 bits per heavy atom. The van der Waals surface area contributed by atoms with Crippen LogP contribution in [0.5, 0.6) is 0 Å². The van der Waals surface area contributed by atoms with Gasteiger partial charge in [-0.05, 0) is 79.7 Å². The monoisotopic (exact) mass is 369 g/mol. The standard InChI is InChI=1S/C24H23N3O/c25-13-16-1-3-17(4-2-16)18-5-9-20(10-6-18)24(28)23-21(19-7-8-19)11-12-27-15-26-14-22(23)27/h1-4,11-12,14-15,18-20H,5-10H2. The van der Waals surface area contributed by atoms with E-state index in [4.69, 9.17) is 5.26 Å². The molecular weight excluding hydrogens is 346 g/mol. The second-order valence-corrected chi connectivity index (χ2v) is 8.25. The molecule has 0 aliphatic heterocycles. The number of ketones is 1. The lowest BCUT2D eigenvalue weighted by molar-refractivity contribution is 0.0884. The molecule has 5 rings (SSSR count). The minimum absolute atomic E-state index is 0.105. The van der Waals surface area contributed by atoms with E-state index in [9.17, 15) is 4.79 Å². The lowest BCUT2D eigenvalue weighted by atomic mass is 9.75. The fourth-order valence-electron chi connectivity index (χ4n) is 4.73. The summed E-state index contributed by atoms with van der Waals surface area (Å²) in [6, 6.07) is 12.2. The van der Waals surface area contributed by atoms with Crippen molar-refractivity contribution in [2.24, 2.45) is 5.92 Å². The van der Waals surface area contributed by atoms with Crippen molar-refractivity contribution in [2.45, 2.75) is 50.4 Å². The molecular formula is C24H23N3O. The number of Topliss-reactive ketones (excluding diaryl/α,β-unsaturated/α-hetero) is 1. The highest BCUT2D eigenvalue weighted by atomic mass is 16.1. The van der Waals surface area contributed by atoms with Gasteiger partial charge in [0.15, 0.2) is 5.78 Å². The first-order valence-electron chi connectivity index (χ1n) is 10.2. The maximum Gasteiger partial charge on any atom is 0.168 e. The van der Waals surface area contributed by atoms with Crippen molar-refractivity contribution >= 4 is 11.3 Å². The van der Waals surface area contributed by atoms with E-state index in [1.54, 1.807) is 6.33 Å². The molecule has 2 aliphatic carbocycles. The summed E-state index contributed by atoms with van der Waals surface area (Å²) in [5.74, 6) is 1.46. The molecule has 2 aliphatic rings. The Balaban J connectivity index is 1.36. The first-order chi connectivity index (χ1) is 13.7. The number of fused-ring (bicyclic) bond motifs is 1. The van der Waals surface area contributed by atoms with Crippen LogP contribution >= 0.6 is 0 Å². The minimum Gasteiger partial charge on any atom is -0.306 e. The number of rotatable bonds is 4. The van der Waals surface area contributed by atoms with Gasteiger partial charge in [0, 0.05) is 17.7 Å². The van der Waals surface area contributed by atoms with Gasteiger partial charge < -0.3 is 4.40 Å². The van der Waals surface area contributed by atoms with Crippen LogP contribution in [-0.4, -0.2) is 15.2 Å². The number of nitrogens with zero attached hydrogens (tertiary/aromatic N) is 3. The van der Waals surface area contributed by atoms with Gasteiger partial charge in [-0.15, -0.1) is 0 Å². The fourth-order valence-corrected chi connectivity index (χ4v) is 4.73. The number of carbonyl (C=O) groups is 1. The van der Waals surface area contributed by atoms with Gasteiger partial charge in [0.1, 0.15) is 0 Å². The van der Waals surface area contributed by atoms with Gasteiger partial charge in [-0.3, -0.25) is 4.79 Å². The summed E-state index contributed by atoms with van der Waals surface area (Å²) in [6.07, 6.45) is 12.0. The Bertz CT molecular complexity index is 1060. The summed E-state index contributed by atoms with van der Waals surface area (Å²) < 4.78 is 1.97. The zero-order valence-electron chi connectivity index (χ0n) is 15.8. The van der Waals surface area contributed by atoms with E-state index in [1.807, 2.05) is 28.9 Å². The van der Waals surface area contributed by atoms with E-state index in [-0.39, 0.29) is 5.92 Å². The maximum absolute atomic E-state index is 13.5. The van der Waals surface area contributed by atoms with E-state index in [0.29, 0.717) is 23.2 Å². The summed E-state index contributed by atoms with van der Waals surface area (Å²) in [5, 5.41) is 8.97. The van der Waals surface area contributed by atoms with E-state index < -0.39 is 0 Å². The number of benzene rings is 1. The Morgan fingerprint density at radius 1 is 1.00 bits per heavy atom. The van der Waals surface area contributed by atoms with Crippen LogP contribution in [0.25, 0.3) is 5.52 Å². The normalized spacial score (nSPS) is 22.1. The summed E-state index contributed by atoms with van der Waals surface area (Å²) in [6.45, 7) is 0. The number of hydrogen-bond acceptors (Lipinski definition) is 3. The van der Waals surface area contributed by atoms with Gasteiger partial charge >= 0.3 is 0 Å². The molecule has 1 aromatic carbocycles. The molecule has 0 radical (unpaired) electrons. The first-order valence-corrected chi connectivity index (χ1v) is 10.2. The molecule has 140 valence electrons. The maximum atomic E-state index is 13.5. The summed E-state index contributed by atoms with van der Waals surface area (Å²) in [5.41, 5.74) is 5.11. The quantitative estimate of drug-likeness (QED) is 0.591. The highest BCUT2D eigenvalue weighted by Crippen LogP contribution is 2.44. The average Bonchev–Trinajstić information content (AvgIpc) is 3.49. The molecule has 2 saturated carbocycles. The van der Waals surface area contributed by atoms with Crippen molar-refractivity contribution in [2.75, 3.05) is 0 Å². The fraction of sp³-hybridized carbons (Fsp3) is 0.375. The van der Waals surface area contributed by atoms with Crippen molar-refractivity contribution in [3.8, 4) is 6.07 Å². The highest BCUT2D eigenvalue weighted by molar-refractivity contribution is 6.05. The molecule has 0 saturated heterocycles. The van der Waals surface area contributed by atoms with Gasteiger partial charge in [-0.25, -0.2) is 4.98 Å². The third-order valence-corrected chi connectivity index (χ3v) is 6.50. The predicted molar refractivity (Wildman–Crippen MR) is 107 cm³/mol. The Morgan fingerprint density at radius 3 is 2.39 bits per heavy atom. The van der Waals surface area contributed by atoms with E-state index in [2.05, 4.69) is 29.3 Å². The van der Waals surface area contributed by atoms with Crippen molar-refractivity contribution in [3.05, 3.63) is 71.3 Å². The molecule has 4 nitrogen and oxygen atoms in total. The number of aromatic nitrogens is 2. The van der Waals surface area contributed by atoms with Crippen LogP contribution in [0.1, 0.15) is 77.4 Å². The predicted octanol–water partition coefficient (Wildman–Crippen LogP) is 5.24. The second-order valence-electron chi connectivity index (χ2n) is 8.25. The average molecular weight is 369 g/mol. The second kappa shape index (κ2) is 6.91. The topological polar surface area (TPSA) is 58.2 Å². The zero-order valence-corrected chi connectivity index (χ0v) is 15.8. The van der Waals surface area contributed by atoms with Gasteiger partial charge in [-0.1, -0.05) is 12.1 Å². The lowest BCUT2D eigenvalue weighted by Gasteiger charge is -2.28. The SMILES string of the molecule is N#Cc1ccc(C2CCC(C(=O)c3c(C4CC4)ccn4cncc34)CC2)cc1. The third-order valence-electron chi connectivity index (χ3n) is 6.50. The molecule has 2 fully saturated rings. The van der Waals surface area contributed by atoms with Crippen molar-refractivity contribution in [3.63, 3.8) is 0 Å². The number of hydrogen-bond donors (Lipinski definition) is 0. The van der Waals surface area contributed by atoms with Crippen LogP contribution in [0.4, 0.5) is 0 Å². The van der Waals surface area contributed by atoms with Crippen LogP contribution in [0.3, 0.4) is 0 Å². The summed E-state index contributed by atoms with van der Waals surface area (Å²) >= 11 is 0. The van der Waals surface area contributed by atoms with E-state index in [0.717, 1.165) is 36.8 Å². The summed E-state index contributed by atoms with van der Waals surface area (Å²) in [4.78, 5) is 17.8. The minimum atomic E-state index is 0.105. The van der Waals surface area contributed by atoms with Crippen LogP contribution in [-0.2, 0) is 0 Å². The lowest BCUT2D eigenvalue weighted by Crippen LogP contribution is -2.23. The molecule has 2 aromatic heterocycles. The molecule has 3 aromatic rings. The Labute approximate surface area is 164 Å². The van der Waals surface area contributed by atoms with Gasteiger partial charge in [0.05, 0.1) is 29.7 Å². The molecule has 28 heavy (non-hydrogen) atoms. The molecule has 4 heteroatoms. The van der Waals surface area contributed by atoms with Gasteiger partial charge in [0.25, 0.3) is 0 Å². The molecule has 0 spiro atoms. The third kappa shape index (κ3) is 3.01. The van der Waals surface area contributed by atoms with Crippen LogP contribution in [0.15, 0.2) is 49.1 Å². The van der Waals surface area contributed by atoms with Crippen molar-refractivity contribution in [1.29, 1.82) is 5.26 Å². The molecule has 0 bridgehead atoms. The highest BCUT2D eigenvalue weighted by Gasteiger charge is 2.34. The van der Waals surface area contributed by atoms with Crippen LogP contribution in [0, 0.1) is 17.2 Å². The zero-order chi connectivity index (χ0) is 19.1. The number of nitriles is 1. The Hall–Kier alpha value is -2.93. The molecule has 0 unspecified atom stereocenters. The number of pyridine rings is 1. The molecule has 0 N–H and O–H groups in total. The summed E-state index contributed by atoms with van der Waals surface area (Å²) in [7, 11) is 0. The van der Waals surface area contributed by atoms with Crippen LogP contribution in [0.2, 0.25) is 0 Å². The van der Waals surface area contributed by atoms with Gasteiger partial charge in [0.2, 0.25) is 0 Å². The molecule has 0 atom stereocenters. The van der Waals surface area contributed by atoms with Crippen molar-refractivity contribution in [1.82, 2.24) is 9.38 Å². The first kappa shape index (κ1) is 17.2. The van der Waals surface area contributed by atoms with E-state index in [1.165, 1.54) is 24.0 Å². The van der Waals surface area contributed by atoms with Crippen molar-refractivity contribution < 1.29 is 4.79 Å². The molecule has 2 heterocycles. The number of carbonyl (C=O) groups excluding carboxylic acids is 1. The largest absolute Gasteiger partial charge is 0.306 e.